The Morgan fingerprint density at radius 1 is 1.21 bits per heavy atom. The van der Waals surface area contributed by atoms with Crippen molar-refractivity contribution in [2.75, 3.05) is 10.6 Å². The molecule has 2 N–H and O–H groups in total. The number of alkyl halides is 2. The molecule has 1 aliphatic rings. The molecule has 2 amide bonds. The molecule has 1 saturated carbocycles. The number of rotatable bonds is 4. The molecule has 1 fully saturated rings. The second kappa shape index (κ2) is 4.79. The van der Waals surface area contributed by atoms with E-state index in [2.05, 4.69) is 17.2 Å². The van der Waals surface area contributed by atoms with E-state index in [0.29, 0.717) is 11.4 Å². The standard InChI is InChI=1S/C13H12F2N2O2/c1-2-11(18)16-8-3-5-9(6-4-8)17-12(19)10-7-13(10,14)15/h2-6,10H,1,7H2,(H,16,18)(H,17,19)/t10-/m1/s1. The van der Waals surface area contributed by atoms with Crippen LogP contribution in [0, 0.1) is 5.92 Å². The molecule has 0 aromatic heterocycles. The summed E-state index contributed by atoms with van der Waals surface area (Å²) in [5.74, 6) is -5.14. The van der Waals surface area contributed by atoms with Gasteiger partial charge in [0.05, 0.1) is 0 Å². The zero-order chi connectivity index (χ0) is 14.0. The molecule has 1 aromatic carbocycles. The molecule has 6 heteroatoms. The summed E-state index contributed by atoms with van der Waals surface area (Å²) in [6.45, 7) is 3.31. The van der Waals surface area contributed by atoms with Gasteiger partial charge in [-0.1, -0.05) is 6.58 Å². The smallest absolute Gasteiger partial charge is 0.260 e. The molecule has 19 heavy (non-hydrogen) atoms. The molecule has 0 heterocycles. The van der Waals surface area contributed by atoms with E-state index in [4.69, 9.17) is 0 Å². The first kappa shape index (κ1) is 13.2. The van der Waals surface area contributed by atoms with Crippen LogP contribution in [0.3, 0.4) is 0 Å². The molecule has 0 aliphatic heterocycles. The third-order valence-electron chi connectivity index (χ3n) is 2.75. The number of amides is 2. The first-order valence-electron chi connectivity index (χ1n) is 5.64. The van der Waals surface area contributed by atoms with Crippen molar-refractivity contribution in [3.8, 4) is 0 Å². The summed E-state index contributed by atoms with van der Waals surface area (Å²) in [5, 5.41) is 4.93. The maximum absolute atomic E-state index is 12.7. The average molecular weight is 266 g/mol. The summed E-state index contributed by atoms with van der Waals surface area (Å²) in [4.78, 5) is 22.5. The van der Waals surface area contributed by atoms with Gasteiger partial charge in [-0.25, -0.2) is 8.78 Å². The number of carbonyl (C=O) groups excluding carboxylic acids is 2. The van der Waals surface area contributed by atoms with Crippen molar-refractivity contribution in [2.24, 2.45) is 5.92 Å². The molecule has 0 radical (unpaired) electrons. The summed E-state index contributed by atoms with van der Waals surface area (Å²) in [5.41, 5.74) is 0.934. The lowest BCUT2D eigenvalue weighted by Gasteiger charge is -2.06. The van der Waals surface area contributed by atoms with Gasteiger partial charge >= 0.3 is 0 Å². The maximum Gasteiger partial charge on any atom is 0.260 e. The van der Waals surface area contributed by atoms with Crippen molar-refractivity contribution in [3.05, 3.63) is 36.9 Å². The summed E-state index contributed by atoms with van der Waals surface area (Å²) < 4.78 is 25.4. The SMILES string of the molecule is C=CC(=O)Nc1ccc(NC(=O)[C@H]2CC2(F)F)cc1. The van der Waals surface area contributed by atoms with Crippen LogP contribution in [-0.2, 0) is 9.59 Å². The number of halogens is 2. The fourth-order valence-corrected chi connectivity index (χ4v) is 1.56. The molecule has 1 aliphatic carbocycles. The normalized spacial score (nSPS) is 19.4. The molecule has 2 rings (SSSR count). The highest BCUT2D eigenvalue weighted by molar-refractivity contribution is 5.99. The number of benzene rings is 1. The Labute approximate surface area is 108 Å². The topological polar surface area (TPSA) is 58.2 Å². The van der Waals surface area contributed by atoms with Crippen LogP contribution in [0.5, 0.6) is 0 Å². The van der Waals surface area contributed by atoms with Gasteiger partial charge < -0.3 is 10.6 Å². The summed E-state index contributed by atoms with van der Waals surface area (Å²) in [6.07, 6.45) is 0.733. The average Bonchev–Trinajstić information content (AvgIpc) is 3.01. The lowest BCUT2D eigenvalue weighted by molar-refractivity contribution is -0.119. The predicted octanol–water partition coefficient (Wildman–Crippen LogP) is 2.40. The molecule has 100 valence electrons. The number of carbonyl (C=O) groups is 2. The quantitative estimate of drug-likeness (QED) is 0.822. The van der Waals surface area contributed by atoms with Crippen molar-refractivity contribution < 1.29 is 18.4 Å². The van der Waals surface area contributed by atoms with Crippen LogP contribution in [0.15, 0.2) is 36.9 Å². The Kier molecular flexibility index (Phi) is 3.33. The van der Waals surface area contributed by atoms with E-state index >= 15 is 0 Å². The van der Waals surface area contributed by atoms with Crippen molar-refractivity contribution >= 4 is 23.2 Å². The van der Waals surface area contributed by atoms with E-state index in [-0.39, 0.29) is 5.91 Å². The van der Waals surface area contributed by atoms with Gasteiger partial charge in [-0.15, -0.1) is 0 Å². The zero-order valence-electron chi connectivity index (χ0n) is 9.95. The number of hydrogen-bond donors (Lipinski definition) is 2. The molecular weight excluding hydrogens is 254 g/mol. The van der Waals surface area contributed by atoms with Crippen LogP contribution >= 0.6 is 0 Å². The Hall–Kier alpha value is -2.24. The van der Waals surface area contributed by atoms with Gasteiger partial charge in [0.2, 0.25) is 11.8 Å². The van der Waals surface area contributed by atoms with Gasteiger partial charge in [-0.3, -0.25) is 9.59 Å². The van der Waals surface area contributed by atoms with Crippen LogP contribution in [0.2, 0.25) is 0 Å². The van der Waals surface area contributed by atoms with E-state index in [0.717, 1.165) is 6.08 Å². The molecule has 1 aromatic rings. The van der Waals surface area contributed by atoms with Crippen LogP contribution < -0.4 is 10.6 Å². The van der Waals surface area contributed by atoms with E-state index in [1.54, 1.807) is 12.1 Å². The molecule has 0 spiro atoms. The summed E-state index contributed by atoms with van der Waals surface area (Å²) >= 11 is 0. The predicted molar refractivity (Wildman–Crippen MR) is 67.0 cm³/mol. The Morgan fingerprint density at radius 3 is 2.11 bits per heavy atom. The minimum absolute atomic E-state index is 0.352. The summed E-state index contributed by atoms with van der Waals surface area (Å²) in [6, 6.07) is 6.17. The monoisotopic (exact) mass is 266 g/mol. The Balaban J connectivity index is 1.94. The number of hydrogen-bond acceptors (Lipinski definition) is 2. The van der Waals surface area contributed by atoms with Crippen LogP contribution in [0.1, 0.15) is 6.42 Å². The van der Waals surface area contributed by atoms with Crippen molar-refractivity contribution in [1.82, 2.24) is 0 Å². The third kappa shape index (κ3) is 3.15. The van der Waals surface area contributed by atoms with Crippen LogP contribution in [-0.4, -0.2) is 17.7 Å². The lowest BCUT2D eigenvalue weighted by Crippen LogP contribution is -2.17. The molecule has 0 bridgehead atoms. The highest BCUT2D eigenvalue weighted by Crippen LogP contribution is 2.49. The highest BCUT2D eigenvalue weighted by Gasteiger charge is 2.61. The van der Waals surface area contributed by atoms with Crippen LogP contribution in [0.4, 0.5) is 20.2 Å². The van der Waals surface area contributed by atoms with Gasteiger partial charge in [0.25, 0.3) is 5.92 Å². The highest BCUT2D eigenvalue weighted by atomic mass is 19.3. The number of anilines is 2. The van der Waals surface area contributed by atoms with Gasteiger partial charge in [0, 0.05) is 17.8 Å². The fourth-order valence-electron chi connectivity index (χ4n) is 1.56. The third-order valence-corrected chi connectivity index (χ3v) is 2.75. The lowest BCUT2D eigenvalue weighted by atomic mass is 10.2. The Bertz CT molecular complexity index is 526. The van der Waals surface area contributed by atoms with E-state index in [1.165, 1.54) is 12.1 Å². The van der Waals surface area contributed by atoms with Gasteiger partial charge in [0.15, 0.2) is 0 Å². The van der Waals surface area contributed by atoms with Gasteiger partial charge in [-0.05, 0) is 30.3 Å². The van der Waals surface area contributed by atoms with Crippen LogP contribution in [0.25, 0.3) is 0 Å². The minimum Gasteiger partial charge on any atom is -0.326 e. The second-order valence-electron chi connectivity index (χ2n) is 4.28. The van der Waals surface area contributed by atoms with E-state index < -0.39 is 24.2 Å². The molecule has 0 unspecified atom stereocenters. The minimum atomic E-state index is -2.87. The second-order valence-corrected chi connectivity index (χ2v) is 4.28. The first-order chi connectivity index (χ1) is 8.92. The van der Waals surface area contributed by atoms with E-state index in [9.17, 15) is 18.4 Å². The Morgan fingerprint density at radius 2 is 1.68 bits per heavy atom. The fraction of sp³-hybridized carbons (Fsp3) is 0.231. The molecule has 4 nitrogen and oxygen atoms in total. The maximum atomic E-state index is 12.7. The molecular formula is C13H12F2N2O2. The summed E-state index contributed by atoms with van der Waals surface area (Å²) in [7, 11) is 0. The largest absolute Gasteiger partial charge is 0.326 e. The van der Waals surface area contributed by atoms with Crippen molar-refractivity contribution in [2.45, 2.75) is 12.3 Å². The van der Waals surface area contributed by atoms with E-state index in [1.807, 2.05) is 0 Å². The van der Waals surface area contributed by atoms with Crippen molar-refractivity contribution in [1.29, 1.82) is 0 Å². The van der Waals surface area contributed by atoms with Crippen molar-refractivity contribution in [3.63, 3.8) is 0 Å². The van der Waals surface area contributed by atoms with Gasteiger partial charge in [-0.2, -0.15) is 0 Å². The first-order valence-corrected chi connectivity index (χ1v) is 5.64. The number of nitrogens with one attached hydrogen (secondary N) is 2. The molecule has 0 saturated heterocycles. The zero-order valence-corrected chi connectivity index (χ0v) is 9.95. The van der Waals surface area contributed by atoms with Gasteiger partial charge in [0.1, 0.15) is 5.92 Å². The molecule has 1 atom stereocenters.